The minimum Gasteiger partial charge on any atom is -0.467 e. The van der Waals surface area contributed by atoms with Crippen LogP contribution in [0.15, 0.2) is 47.1 Å². The lowest BCUT2D eigenvalue weighted by molar-refractivity contribution is -0.384. The first-order chi connectivity index (χ1) is 12.6. The van der Waals surface area contributed by atoms with E-state index in [1.165, 1.54) is 17.8 Å². The summed E-state index contributed by atoms with van der Waals surface area (Å²) in [5, 5.41) is 10.9. The summed E-state index contributed by atoms with van der Waals surface area (Å²) in [6, 6.07) is 10.2. The highest BCUT2D eigenvalue weighted by Gasteiger charge is 2.20. The Hall–Kier alpha value is -2.80. The van der Waals surface area contributed by atoms with Crippen LogP contribution in [0, 0.1) is 14.8 Å². The Balaban J connectivity index is 1.88. The average Bonchev–Trinajstić information content (AvgIpc) is 3.17. The number of fused-ring (bicyclic) bond motifs is 1. The van der Waals surface area contributed by atoms with E-state index in [1.54, 1.807) is 18.4 Å². The summed E-state index contributed by atoms with van der Waals surface area (Å²) in [4.78, 5) is 15.2. The van der Waals surface area contributed by atoms with Gasteiger partial charge in [-0.25, -0.2) is 4.98 Å². The molecule has 0 bridgehead atoms. The highest BCUT2D eigenvalue weighted by molar-refractivity contribution is 7.71. The molecule has 0 amide bonds. The molecule has 6 nitrogen and oxygen atoms in total. The number of benzene rings is 1. The lowest BCUT2D eigenvalue weighted by Crippen LogP contribution is -2.18. The minimum atomic E-state index is -0.403. The highest BCUT2D eigenvalue weighted by Crippen LogP contribution is 2.29. The van der Waals surface area contributed by atoms with E-state index in [4.69, 9.17) is 16.6 Å². The molecule has 0 aliphatic heterocycles. The van der Waals surface area contributed by atoms with Gasteiger partial charge in [-0.1, -0.05) is 12.2 Å². The van der Waals surface area contributed by atoms with Crippen molar-refractivity contribution < 1.29 is 9.34 Å². The topological polar surface area (TPSA) is 74.1 Å². The molecule has 2 aromatic heterocycles. The number of hydrogen-bond acceptors (Lipinski definition) is 5. The summed E-state index contributed by atoms with van der Waals surface area (Å²) in [5.74, 6) is 1.56. The monoisotopic (exact) mass is 367 g/mol. The van der Waals surface area contributed by atoms with Gasteiger partial charge in [-0.3, -0.25) is 10.1 Å². The van der Waals surface area contributed by atoms with Crippen LogP contribution in [-0.4, -0.2) is 14.5 Å². The molecule has 1 aromatic carbocycles. The van der Waals surface area contributed by atoms with Gasteiger partial charge in [-0.15, -0.1) is 0 Å². The Morgan fingerprint density at radius 1 is 1.19 bits per heavy atom. The fourth-order valence-electron chi connectivity index (χ4n) is 3.45. The minimum absolute atomic E-state index is 0.0582. The lowest BCUT2D eigenvalue weighted by Gasteiger charge is -2.24. The SMILES string of the molecule is O=[N+]([O-])c1ccc(-c2nc(=S)c3c(n2Cc2ccco2)CCCC3)cc1. The maximum atomic E-state index is 10.9. The van der Waals surface area contributed by atoms with Crippen LogP contribution >= 0.6 is 12.2 Å². The second-order valence-corrected chi connectivity index (χ2v) is 6.73. The number of aromatic nitrogens is 2. The number of nitro benzene ring substituents is 1. The first kappa shape index (κ1) is 16.7. The van der Waals surface area contributed by atoms with Gasteiger partial charge in [-0.2, -0.15) is 0 Å². The number of nitrogens with zero attached hydrogens (tertiary/aromatic N) is 3. The summed E-state index contributed by atoms with van der Waals surface area (Å²) in [6.45, 7) is 0.560. The molecule has 3 aromatic rings. The third-order valence-corrected chi connectivity index (χ3v) is 5.05. The molecule has 0 unspecified atom stereocenters. The Bertz CT molecular complexity index is 1010. The van der Waals surface area contributed by atoms with Gasteiger partial charge in [-0.05, 0) is 49.9 Å². The largest absolute Gasteiger partial charge is 0.467 e. The summed E-state index contributed by atoms with van der Waals surface area (Å²) >= 11 is 5.55. The third kappa shape index (κ3) is 3.06. The van der Waals surface area contributed by atoms with Crippen LogP contribution < -0.4 is 0 Å². The summed E-state index contributed by atoms with van der Waals surface area (Å²) in [5.41, 5.74) is 3.20. The zero-order valence-electron chi connectivity index (χ0n) is 14.1. The van der Waals surface area contributed by atoms with E-state index in [1.807, 2.05) is 12.1 Å². The van der Waals surface area contributed by atoms with Crippen LogP contribution in [0.5, 0.6) is 0 Å². The number of furan rings is 1. The van der Waals surface area contributed by atoms with Crippen molar-refractivity contribution in [2.45, 2.75) is 32.2 Å². The molecule has 0 saturated carbocycles. The molecule has 0 N–H and O–H groups in total. The van der Waals surface area contributed by atoms with Gasteiger partial charge in [0.1, 0.15) is 16.2 Å². The van der Waals surface area contributed by atoms with Gasteiger partial charge in [0.15, 0.2) is 0 Å². The zero-order valence-corrected chi connectivity index (χ0v) is 14.9. The van der Waals surface area contributed by atoms with Crippen molar-refractivity contribution in [3.05, 3.63) is 74.4 Å². The maximum Gasteiger partial charge on any atom is 0.269 e. The molecule has 0 spiro atoms. The van der Waals surface area contributed by atoms with Gasteiger partial charge in [0.2, 0.25) is 0 Å². The number of hydrogen-bond donors (Lipinski definition) is 0. The zero-order chi connectivity index (χ0) is 18.1. The second-order valence-electron chi connectivity index (χ2n) is 6.34. The number of rotatable bonds is 4. The van der Waals surface area contributed by atoms with Crippen molar-refractivity contribution in [3.63, 3.8) is 0 Å². The molecule has 0 radical (unpaired) electrons. The van der Waals surface area contributed by atoms with Crippen molar-refractivity contribution >= 4 is 17.9 Å². The fourth-order valence-corrected chi connectivity index (χ4v) is 3.76. The van der Waals surface area contributed by atoms with E-state index >= 15 is 0 Å². The maximum absolute atomic E-state index is 10.9. The Morgan fingerprint density at radius 2 is 1.96 bits per heavy atom. The summed E-state index contributed by atoms with van der Waals surface area (Å²) < 4.78 is 8.31. The Labute approximate surface area is 155 Å². The van der Waals surface area contributed by atoms with E-state index in [-0.39, 0.29) is 5.69 Å². The Kier molecular flexibility index (Phi) is 4.38. The average molecular weight is 367 g/mol. The summed E-state index contributed by atoms with van der Waals surface area (Å²) in [7, 11) is 0. The van der Waals surface area contributed by atoms with E-state index in [9.17, 15) is 10.1 Å². The summed E-state index contributed by atoms with van der Waals surface area (Å²) in [6.07, 6.45) is 5.78. The molecule has 132 valence electrons. The van der Waals surface area contributed by atoms with Crippen molar-refractivity contribution in [3.8, 4) is 11.4 Å². The normalized spacial score (nSPS) is 13.4. The molecule has 1 aliphatic carbocycles. The van der Waals surface area contributed by atoms with E-state index < -0.39 is 4.92 Å². The predicted molar refractivity (Wildman–Crippen MR) is 99.6 cm³/mol. The van der Waals surface area contributed by atoms with Gasteiger partial charge in [0.05, 0.1) is 17.7 Å². The smallest absolute Gasteiger partial charge is 0.269 e. The molecular formula is C19H17N3O3S. The van der Waals surface area contributed by atoms with Crippen LogP contribution in [0.3, 0.4) is 0 Å². The lowest BCUT2D eigenvalue weighted by atomic mass is 9.96. The standard InChI is InChI=1S/C19H17N3O3S/c23-22(24)14-9-7-13(8-10-14)18-20-19(26)16-5-1-2-6-17(16)21(18)12-15-4-3-11-25-15/h3-4,7-11H,1-2,5-6,12H2. The van der Waals surface area contributed by atoms with Crippen LogP contribution in [-0.2, 0) is 19.4 Å². The quantitative estimate of drug-likeness (QED) is 0.379. The van der Waals surface area contributed by atoms with Crippen LogP contribution in [0.1, 0.15) is 29.9 Å². The van der Waals surface area contributed by atoms with Gasteiger partial charge in [0, 0.05) is 29.0 Å². The second kappa shape index (κ2) is 6.84. The van der Waals surface area contributed by atoms with Crippen molar-refractivity contribution in [1.29, 1.82) is 0 Å². The molecule has 0 atom stereocenters. The molecule has 26 heavy (non-hydrogen) atoms. The molecule has 4 rings (SSSR count). The van der Waals surface area contributed by atoms with Crippen molar-refractivity contribution in [2.75, 3.05) is 0 Å². The van der Waals surface area contributed by atoms with Crippen LogP contribution in [0.4, 0.5) is 5.69 Å². The fraction of sp³-hybridized carbons (Fsp3) is 0.263. The first-order valence-electron chi connectivity index (χ1n) is 8.53. The van der Waals surface area contributed by atoms with Gasteiger partial charge in [0.25, 0.3) is 5.69 Å². The molecule has 1 aliphatic rings. The van der Waals surface area contributed by atoms with Crippen molar-refractivity contribution in [2.24, 2.45) is 0 Å². The first-order valence-corrected chi connectivity index (χ1v) is 8.94. The molecule has 2 heterocycles. The highest BCUT2D eigenvalue weighted by atomic mass is 32.1. The third-order valence-electron chi connectivity index (χ3n) is 4.72. The molecule has 0 saturated heterocycles. The Morgan fingerprint density at radius 3 is 2.65 bits per heavy atom. The number of non-ortho nitro benzene ring substituents is 1. The van der Waals surface area contributed by atoms with Crippen LogP contribution in [0.25, 0.3) is 11.4 Å². The molecule has 0 fully saturated rings. The van der Waals surface area contributed by atoms with E-state index in [2.05, 4.69) is 9.55 Å². The van der Waals surface area contributed by atoms with Gasteiger partial charge < -0.3 is 8.98 Å². The van der Waals surface area contributed by atoms with Crippen molar-refractivity contribution in [1.82, 2.24) is 9.55 Å². The van der Waals surface area contributed by atoms with E-state index in [0.717, 1.165) is 48.4 Å². The predicted octanol–water partition coefficient (Wildman–Crippen LogP) is 4.71. The van der Waals surface area contributed by atoms with Crippen LogP contribution in [0.2, 0.25) is 0 Å². The van der Waals surface area contributed by atoms with E-state index in [0.29, 0.717) is 11.2 Å². The van der Waals surface area contributed by atoms with Gasteiger partial charge >= 0.3 is 0 Å². The molecular weight excluding hydrogens is 350 g/mol. The number of nitro groups is 1. The molecule has 7 heteroatoms.